The number of ether oxygens (including phenoxy) is 1. The van der Waals surface area contributed by atoms with E-state index in [0.29, 0.717) is 19.6 Å². The molecule has 1 aromatic rings. The molecule has 0 aromatic carbocycles. The second-order valence-electron chi connectivity index (χ2n) is 4.95. The van der Waals surface area contributed by atoms with Gasteiger partial charge in [0.2, 0.25) is 5.91 Å². The van der Waals surface area contributed by atoms with Crippen LogP contribution in [0.5, 0.6) is 0 Å². The van der Waals surface area contributed by atoms with E-state index in [4.69, 9.17) is 4.74 Å². The topological polar surface area (TPSA) is 68.2 Å². The van der Waals surface area contributed by atoms with Crippen LogP contribution >= 0.6 is 12.4 Å². The normalized spacial score (nSPS) is 18.4. The summed E-state index contributed by atoms with van der Waals surface area (Å²) in [5, 5.41) is 10.5. The van der Waals surface area contributed by atoms with Crippen LogP contribution in [0.25, 0.3) is 0 Å². The molecular formula is C13H23ClN4O2. The lowest BCUT2D eigenvalue weighted by atomic mass is 10.2. The van der Waals surface area contributed by atoms with Crippen LogP contribution in [0.4, 0.5) is 0 Å². The Hall–Kier alpha value is -1.11. The van der Waals surface area contributed by atoms with Gasteiger partial charge < -0.3 is 15.4 Å². The van der Waals surface area contributed by atoms with E-state index in [0.717, 1.165) is 30.0 Å². The quantitative estimate of drug-likeness (QED) is 0.847. The van der Waals surface area contributed by atoms with Crippen molar-refractivity contribution >= 4 is 18.3 Å². The summed E-state index contributed by atoms with van der Waals surface area (Å²) in [6.07, 6.45) is 0.399. The molecule has 0 saturated carbocycles. The maximum absolute atomic E-state index is 11.9. The zero-order valence-electron chi connectivity index (χ0n) is 12.2. The monoisotopic (exact) mass is 302 g/mol. The van der Waals surface area contributed by atoms with Gasteiger partial charge >= 0.3 is 0 Å². The Kier molecular flexibility index (Phi) is 6.45. The Morgan fingerprint density at radius 3 is 2.85 bits per heavy atom. The highest BCUT2D eigenvalue weighted by atomic mass is 35.5. The zero-order valence-corrected chi connectivity index (χ0v) is 13.0. The SMILES string of the molecule is Cc1nn(C)c(C)c1CNC(=O)CC1CNCCO1.Cl. The first-order valence-corrected chi connectivity index (χ1v) is 6.66. The summed E-state index contributed by atoms with van der Waals surface area (Å²) in [4.78, 5) is 11.9. The second kappa shape index (κ2) is 7.61. The van der Waals surface area contributed by atoms with Crippen molar-refractivity contribution in [3.8, 4) is 0 Å². The van der Waals surface area contributed by atoms with E-state index in [2.05, 4.69) is 15.7 Å². The first-order chi connectivity index (χ1) is 9.08. The fraction of sp³-hybridized carbons (Fsp3) is 0.692. The van der Waals surface area contributed by atoms with Gasteiger partial charge in [-0.15, -0.1) is 12.4 Å². The third kappa shape index (κ3) is 4.19. The van der Waals surface area contributed by atoms with Gasteiger partial charge in [0.25, 0.3) is 0 Å². The predicted octanol–water partition coefficient (Wildman–Crippen LogP) is 0.453. The summed E-state index contributed by atoms with van der Waals surface area (Å²) in [6.45, 7) is 6.80. The number of amides is 1. The van der Waals surface area contributed by atoms with E-state index in [9.17, 15) is 4.79 Å². The van der Waals surface area contributed by atoms with Crippen molar-refractivity contribution in [2.24, 2.45) is 7.05 Å². The minimum atomic E-state index is -0.00941. The summed E-state index contributed by atoms with van der Waals surface area (Å²) in [6, 6.07) is 0. The Morgan fingerprint density at radius 1 is 1.55 bits per heavy atom. The van der Waals surface area contributed by atoms with Crippen LogP contribution in [0.3, 0.4) is 0 Å². The van der Waals surface area contributed by atoms with Crippen molar-refractivity contribution in [1.29, 1.82) is 0 Å². The molecule has 114 valence electrons. The van der Waals surface area contributed by atoms with Crippen molar-refractivity contribution in [3.63, 3.8) is 0 Å². The van der Waals surface area contributed by atoms with Crippen molar-refractivity contribution in [3.05, 3.63) is 17.0 Å². The molecule has 2 N–H and O–H groups in total. The van der Waals surface area contributed by atoms with Gasteiger partial charge in [-0.2, -0.15) is 5.10 Å². The molecule has 1 atom stereocenters. The zero-order chi connectivity index (χ0) is 13.8. The molecule has 1 aliphatic rings. The van der Waals surface area contributed by atoms with Crippen LogP contribution in [0.1, 0.15) is 23.4 Å². The number of hydrogen-bond donors (Lipinski definition) is 2. The average molecular weight is 303 g/mol. The molecule has 2 heterocycles. The molecule has 1 unspecified atom stereocenters. The predicted molar refractivity (Wildman–Crippen MR) is 79.0 cm³/mol. The van der Waals surface area contributed by atoms with E-state index >= 15 is 0 Å². The van der Waals surface area contributed by atoms with Crippen LogP contribution < -0.4 is 10.6 Å². The third-order valence-electron chi connectivity index (χ3n) is 3.54. The smallest absolute Gasteiger partial charge is 0.222 e. The van der Waals surface area contributed by atoms with Gasteiger partial charge in [-0.05, 0) is 13.8 Å². The minimum Gasteiger partial charge on any atom is -0.375 e. The summed E-state index contributed by atoms with van der Waals surface area (Å²) in [7, 11) is 1.91. The highest BCUT2D eigenvalue weighted by Gasteiger charge is 2.18. The van der Waals surface area contributed by atoms with Crippen molar-refractivity contribution in [2.75, 3.05) is 19.7 Å². The molecular weight excluding hydrogens is 280 g/mol. The van der Waals surface area contributed by atoms with Crippen molar-refractivity contribution in [2.45, 2.75) is 32.9 Å². The fourth-order valence-corrected chi connectivity index (χ4v) is 2.29. The number of hydrogen-bond acceptors (Lipinski definition) is 4. The van der Waals surface area contributed by atoms with Gasteiger partial charge in [0, 0.05) is 37.9 Å². The number of nitrogens with one attached hydrogen (secondary N) is 2. The van der Waals surface area contributed by atoms with E-state index in [1.165, 1.54) is 0 Å². The number of morpholine rings is 1. The molecule has 1 aliphatic heterocycles. The van der Waals surface area contributed by atoms with E-state index in [1.807, 2.05) is 25.6 Å². The van der Waals surface area contributed by atoms with Gasteiger partial charge in [-0.3, -0.25) is 9.48 Å². The Bertz CT molecular complexity index is 455. The molecule has 1 amide bonds. The highest BCUT2D eigenvalue weighted by Crippen LogP contribution is 2.11. The Morgan fingerprint density at radius 2 is 2.30 bits per heavy atom. The first kappa shape index (κ1) is 16.9. The van der Waals surface area contributed by atoms with Crippen LogP contribution in [0, 0.1) is 13.8 Å². The van der Waals surface area contributed by atoms with E-state index < -0.39 is 0 Å². The third-order valence-corrected chi connectivity index (χ3v) is 3.54. The first-order valence-electron chi connectivity index (χ1n) is 6.66. The second-order valence-corrected chi connectivity index (χ2v) is 4.95. The maximum Gasteiger partial charge on any atom is 0.222 e. The molecule has 1 fully saturated rings. The molecule has 2 rings (SSSR count). The number of rotatable bonds is 4. The standard InChI is InChI=1S/C13H22N4O2.ClH/c1-9-12(10(2)17(3)16-9)8-15-13(18)6-11-7-14-4-5-19-11;/h11,14H,4-8H2,1-3H3,(H,15,18);1H. The lowest BCUT2D eigenvalue weighted by Crippen LogP contribution is -2.41. The number of aromatic nitrogens is 2. The van der Waals surface area contributed by atoms with Gasteiger partial charge in [0.1, 0.15) is 0 Å². The average Bonchev–Trinajstić information content (AvgIpc) is 2.62. The lowest BCUT2D eigenvalue weighted by Gasteiger charge is -2.23. The molecule has 0 aliphatic carbocycles. The number of nitrogens with zero attached hydrogens (tertiary/aromatic N) is 2. The van der Waals surface area contributed by atoms with E-state index in [-0.39, 0.29) is 24.4 Å². The van der Waals surface area contributed by atoms with Gasteiger partial charge in [-0.1, -0.05) is 0 Å². The summed E-state index contributed by atoms with van der Waals surface area (Å²) >= 11 is 0. The van der Waals surface area contributed by atoms with Crippen molar-refractivity contribution < 1.29 is 9.53 Å². The molecule has 20 heavy (non-hydrogen) atoms. The van der Waals surface area contributed by atoms with Crippen LogP contribution in [0.2, 0.25) is 0 Å². The molecule has 0 spiro atoms. The summed E-state index contributed by atoms with van der Waals surface area (Å²) in [5.74, 6) is 0.0244. The Balaban J connectivity index is 0.00000200. The molecule has 1 saturated heterocycles. The van der Waals surface area contributed by atoms with E-state index in [1.54, 1.807) is 0 Å². The number of carbonyl (C=O) groups excluding carboxylic acids is 1. The molecule has 0 bridgehead atoms. The number of aryl methyl sites for hydroxylation is 2. The lowest BCUT2D eigenvalue weighted by molar-refractivity contribution is -0.124. The molecule has 6 nitrogen and oxygen atoms in total. The summed E-state index contributed by atoms with van der Waals surface area (Å²) < 4.78 is 7.35. The number of carbonyl (C=O) groups is 1. The molecule has 7 heteroatoms. The van der Waals surface area contributed by atoms with Crippen LogP contribution in [0.15, 0.2) is 0 Å². The van der Waals surface area contributed by atoms with Crippen LogP contribution in [-0.2, 0) is 23.1 Å². The maximum atomic E-state index is 11.9. The Labute approximate surface area is 125 Å². The fourth-order valence-electron chi connectivity index (χ4n) is 2.29. The minimum absolute atomic E-state index is 0. The largest absolute Gasteiger partial charge is 0.375 e. The number of halogens is 1. The van der Waals surface area contributed by atoms with Crippen LogP contribution in [-0.4, -0.2) is 41.5 Å². The highest BCUT2D eigenvalue weighted by molar-refractivity contribution is 5.85. The van der Waals surface area contributed by atoms with Gasteiger partial charge in [0.05, 0.1) is 24.8 Å². The molecule has 0 radical (unpaired) electrons. The van der Waals surface area contributed by atoms with Gasteiger partial charge in [-0.25, -0.2) is 0 Å². The van der Waals surface area contributed by atoms with Crippen molar-refractivity contribution in [1.82, 2.24) is 20.4 Å². The summed E-state index contributed by atoms with van der Waals surface area (Å²) in [5.41, 5.74) is 3.16. The van der Waals surface area contributed by atoms with Gasteiger partial charge in [0.15, 0.2) is 0 Å². The molecule has 1 aromatic heterocycles.